The van der Waals surface area contributed by atoms with Gasteiger partial charge in [0.25, 0.3) is 5.91 Å². The lowest BCUT2D eigenvalue weighted by atomic mass is 10.3. The van der Waals surface area contributed by atoms with E-state index in [-0.39, 0.29) is 12.5 Å². The van der Waals surface area contributed by atoms with Crippen molar-refractivity contribution in [1.82, 2.24) is 10.2 Å². The zero-order valence-electron chi connectivity index (χ0n) is 12.0. The highest BCUT2D eigenvalue weighted by Crippen LogP contribution is 2.28. The molecule has 0 bridgehead atoms. The Hall–Kier alpha value is -1.06. The number of benzene rings is 1. The number of hydrogen-bond acceptors (Lipinski definition) is 7. The van der Waals surface area contributed by atoms with Crippen molar-refractivity contribution in [3.8, 4) is 5.75 Å². The predicted octanol–water partition coefficient (Wildman–Crippen LogP) is 3.60. The number of nitrogens with one attached hydrogen (secondary N) is 1. The van der Waals surface area contributed by atoms with E-state index in [2.05, 4.69) is 15.5 Å². The number of ether oxygens (including phenoxy) is 2. The van der Waals surface area contributed by atoms with Gasteiger partial charge in [-0.3, -0.25) is 10.1 Å². The molecule has 1 N–H and O–H groups in total. The van der Waals surface area contributed by atoms with Crippen molar-refractivity contribution >= 4 is 57.3 Å². The molecule has 1 aromatic carbocycles. The summed E-state index contributed by atoms with van der Waals surface area (Å²) < 4.78 is 11.1. The Morgan fingerprint density at radius 2 is 2.22 bits per heavy atom. The molecule has 1 amide bonds. The highest BCUT2D eigenvalue weighted by molar-refractivity contribution is 8.01. The minimum atomic E-state index is -0.347. The van der Waals surface area contributed by atoms with Crippen molar-refractivity contribution in [3.05, 3.63) is 28.2 Å². The molecule has 10 heteroatoms. The third-order valence-corrected chi connectivity index (χ3v) is 4.89. The molecule has 0 saturated carbocycles. The predicted molar refractivity (Wildman–Crippen MR) is 93.1 cm³/mol. The highest BCUT2D eigenvalue weighted by atomic mass is 35.5. The summed E-state index contributed by atoms with van der Waals surface area (Å²) in [7, 11) is 1.64. The summed E-state index contributed by atoms with van der Waals surface area (Å²) in [6.07, 6.45) is 0. The SMILES string of the molecule is COCCSc1nnc(NC(=O)COc2ccc(Cl)cc2Cl)s1. The van der Waals surface area contributed by atoms with Gasteiger partial charge in [0.05, 0.1) is 11.6 Å². The van der Waals surface area contributed by atoms with E-state index in [4.69, 9.17) is 32.7 Å². The smallest absolute Gasteiger partial charge is 0.264 e. The molecule has 1 aromatic heterocycles. The van der Waals surface area contributed by atoms with Gasteiger partial charge >= 0.3 is 0 Å². The van der Waals surface area contributed by atoms with Crippen molar-refractivity contribution < 1.29 is 14.3 Å². The van der Waals surface area contributed by atoms with E-state index in [1.54, 1.807) is 25.3 Å². The summed E-state index contributed by atoms with van der Waals surface area (Å²) in [5.74, 6) is 0.817. The number of carbonyl (C=O) groups is 1. The van der Waals surface area contributed by atoms with Crippen molar-refractivity contribution in [2.45, 2.75) is 4.34 Å². The zero-order chi connectivity index (χ0) is 16.7. The van der Waals surface area contributed by atoms with Gasteiger partial charge in [-0.25, -0.2) is 0 Å². The van der Waals surface area contributed by atoms with E-state index in [1.807, 2.05) is 0 Å². The molecule has 124 valence electrons. The molecule has 6 nitrogen and oxygen atoms in total. The fourth-order valence-corrected chi connectivity index (χ4v) is 3.62. The lowest BCUT2D eigenvalue weighted by Crippen LogP contribution is -2.20. The molecular formula is C13H13Cl2N3O3S2. The molecule has 0 aliphatic rings. The Bertz CT molecular complexity index is 670. The maximum atomic E-state index is 11.8. The molecule has 0 radical (unpaired) electrons. The summed E-state index contributed by atoms with van der Waals surface area (Å²) in [5.41, 5.74) is 0. The summed E-state index contributed by atoms with van der Waals surface area (Å²) in [4.78, 5) is 11.8. The number of thioether (sulfide) groups is 1. The Kier molecular flexibility index (Phi) is 7.38. The van der Waals surface area contributed by atoms with E-state index in [0.29, 0.717) is 27.5 Å². The van der Waals surface area contributed by atoms with Crippen molar-refractivity contribution in [2.75, 3.05) is 31.4 Å². The number of aromatic nitrogens is 2. The van der Waals surface area contributed by atoms with Gasteiger partial charge in [-0.15, -0.1) is 10.2 Å². The van der Waals surface area contributed by atoms with Gasteiger partial charge in [0.15, 0.2) is 10.9 Å². The molecular weight excluding hydrogens is 381 g/mol. The van der Waals surface area contributed by atoms with Crippen LogP contribution in [0.4, 0.5) is 5.13 Å². The van der Waals surface area contributed by atoms with Gasteiger partial charge in [0.1, 0.15) is 5.75 Å². The molecule has 0 saturated heterocycles. The van der Waals surface area contributed by atoms with E-state index in [9.17, 15) is 4.79 Å². The Balaban J connectivity index is 1.80. The third-order valence-electron chi connectivity index (χ3n) is 2.42. The summed E-state index contributed by atoms with van der Waals surface area (Å²) in [6, 6.07) is 4.78. The zero-order valence-corrected chi connectivity index (χ0v) is 15.2. The van der Waals surface area contributed by atoms with Crippen molar-refractivity contribution in [2.24, 2.45) is 0 Å². The molecule has 0 unspecified atom stereocenters. The first-order chi connectivity index (χ1) is 11.1. The minimum absolute atomic E-state index is 0.187. The lowest BCUT2D eigenvalue weighted by molar-refractivity contribution is -0.118. The Morgan fingerprint density at radius 1 is 1.39 bits per heavy atom. The molecule has 0 fully saturated rings. The maximum absolute atomic E-state index is 11.8. The second kappa shape index (κ2) is 9.29. The number of methoxy groups -OCH3 is 1. The van der Waals surface area contributed by atoms with Crippen LogP contribution in [0, 0.1) is 0 Å². The van der Waals surface area contributed by atoms with Crippen LogP contribution in [0.25, 0.3) is 0 Å². The summed E-state index contributed by atoms with van der Waals surface area (Å²) in [5, 5.41) is 11.7. The first-order valence-electron chi connectivity index (χ1n) is 6.41. The van der Waals surface area contributed by atoms with Gasteiger partial charge in [-0.1, -0.05) is 46.3 Å². The fraction of sp³-hybridized carbons (Fsp3) is 0.308. The van der Waals surface area contributed by atoms with Gasteiger partial charge in [-0.05, 0) is 18.2 Å². The van der Waals surface area contributed by atoms with Crippen LogP contribution in [-0.2, 0) is 9.53 Å². The van der Waals surface area contributed by atoms with E-state index >= 15 is 0 Å². The minimum Gasteiger partial charge on any atom is -0.482 e. The largest absolute Gasteiger partial charge is 0.482 e. The Morgan fingerprint density at radius 3 is 2.96 bits per heavy atom. The van der Waals surface area contributed by atoms with Gasteiger partial charge < -0.3 is 9.47 Å². The third kappa shape index (κ3) is 6.15. The van der Waals surface area contributed by atoms with Crippen LogP contribution in [0.2, 0.25) is 10.0 Å². The number of rotatable bonds is 8. The van der Waals surface area contributed by atoms with Crippen LogP contribution < -0.4 is 10.1 Å². The van der Waals surface area contributed by atoms with Gasteiger partial charge in [0, 0.05) is 17.9 Å². The normalized spacial score (nSPS) is 10.6. The van der Waals surface area contributed by atoms with Crippen molar-refractivity contribution in [3.63, 3.8) is 0 Å². The first-order valence-corrected chi connectivity index (χ1v) is 8.97. The van der Waals surface area contributed by atoms with Crippen molar-refractivity contribution in [1.29, 1.82) is 0 Å². The maximum Gasteiger partial charge on any atom is 0.264 e. The van der Waals surface area contributed by atoms with Crippen LogP contribution in [0.1, 0.15) is 0 Å². The quantitative estimate of drug-likeness (QED) is 0.419. The number of hydrogen-bond donors (Lipinski definition) is 1. The van der Waals surface area contributed by atoms with Crippen LogP contribution in [-0.4, -0.2) is 42.2 Å². The number of nitrogens with zero attached hydrogens (tertiary/aromatic N) is 2. The van der Waals surface area contributed by atoms with Crippen LogP contribution >= 0.6 is 46.3 Å². The molecule has 2 aromatic rings. The number of amides is 1. The second-order valence-electron chi connectivity index (χ2n) is 4.13. The van der Waals surface area contributed by atoms with Crippen LogP contribution in [0.15, 0.2) is 22.5 Å². The molecule has 23 heavy (non-hydrogen) atoms. The first kappa shape index (κ1) is 18.3. The molecule has 2 rings (SSSR count). The molecule has 0 aliphatic heterocycles. The monoisotopic (exact) mass is 393 g/mol. The number of halogens is 2. The standard InChI is InChI=1S/C13H13Cl2N3O3S2/c1-20-4-5-22-13-18-17-12(23-13)16-11(19)7-21-10-3-2-8(14)6-9(10)15/h2-3,6H,4-5,7H2,1H3,(H,16,17,19). The molecule has 0 aliphatic carbocycles. The highest BCUT2D eigenvalue weighted by Gasteiger charge is 2.10. The van der Waals surface area contributed by atoms with E-state index in [1.165, 1.54) is 23.1 Å². The Labute approximate surface area is 151 Å². The number of anilines is 1. The topological polar surface area (TPSA) is 73.3 Å². The van der Waals surface area contributed by atoms with E-state index < -0.39 is 0 Å². The summed E-state index contributed by atoms with van der Waals surface area (Å²) in [6.45, 7) is 0.439. The van der Waals surface area contributed by atoms with Crippen LogP contribution in [0.5, 0.6) is 5.75 Å². The average Bonchev–Trinajstić information content (AvgIpc) is 2.94. The van der Waals surface area contributed by atoms with E-state index in [0.717, 1.165) is 10.1 Å². The summed E-state index contributed by atoms with van der Waals surface area (Å²) >= 11 is 14.6. The fourth-order valence-electron chi connectivity index (χ4n) is 1.42. The molecule has 0 spiro atoms. The van der Waals surface area contributed by atoms with Gasteiger partial charge in [0.2, 0.25) is 5.13 Å². The molecule has 1 heterocycles. The second-order valence-corrected chi connectivity index (χ2v) is 7.29. The number of carbonyl (C=O) groups excluding carboxylic acids is 1. The van der Waals surface area contributed by atoms with Gasteiger partial charge in [-0.2, -0.15) is 0 Å². The molecule has 0 atom stereocenters. The van der Waals surface area contributed by atoms with Crippen LogP contribution in [0.3, 0.4) is 0 Å². The lowest BCUT2D eigenvalue weighted by Gasteiger charge is -2.07. The average molecular weight is 394 g/mol.